The largest absolute Gasteiger partial charge is 0.497 e. The molecule has 0 aliphatic heterocycles. The van der Waals surface area contributed by atoms with Gasteiger partial charge in [0.25, 0.3) is 5.89 Å². The SMILES string of the molecule is COc1ccc(SCCCC(=O)Nc2nnc(-c3ccccc3Cl)o2)cc1. The summed E-state index contributed by atoms with van der Waals surface area (Å²) in [6.45, 7) is 0. The molecule has 6 nitrogen and oxygen atoms in total. The predicted molar refractivity (Wildman–Crippen MR) is 106 cm³/mol. The molecular weight excluding hydrogens is 386 g/mol. The lowest BCUT2D eigenvalue weighted by molar-refractivity contribution is -0.116. The molecule has 0 aliphatic carbocycles. The standard InChI is InChI=1S/C19H18ClN3O3S/c1-25-13-8-10-14(11-9-13)27-12-4-7-17(24)21-19-23-22-18(26-19)15-5-2-3-6-16(15)20/h2-3,5-6,8-11H,4,7,12H2,1H3,(H,21,23,24). The van der Waals surface area contributed by atoms with Crippen molar-refractivity contribution in [2.24, 2.45) is 0 Å². The Hall–Kier alpha value is -2.51. The van der Waals surface area contributed by atoms with Gasteiger partial charge in [-0.05, 0) is 48.6 Å². The second kappa shape index (κ2) is 9.43. The molecule has 2 aromatic carbocycles. The Balaban J connectivity index is 1.43. The monoisotopic (exact) mass is 403 g/mol. The summed E-state index contributed by atoms with van der Waals surface area (Å²) in [5.41, 5.74) is 0.628. The molecule has 0 atom stereocenters. The summed E-state index contributed by atoms with van der Waals surface area (Å²) in [6.07, 6.45) is 1.10. The van der Waals surface area contributed by atoms with Crippen molar-refractivity contribution >= 4 is 35.3 Å². The number of methoxy groups -OCH3 is 1. The van der Waals surface area contributed by atoms with E-state index in [2.05, 4.69) is 15.5 Å². The van der Waals surface area contributed by atoms with Gasteiger partial charge in [0.05, 0.1) is 17.7 Å². The molecule has 140 valence electrons. The number of thioether (sulfide) groups is 1. The number of hydrogen-bond donors (Lipinski definition) is 1. The van der Waals surface area contributed by atoms with Crippen LogP contribution < -0.4 is 10.1 Å². The van der Waals surface area contributed by atoms with Crippen molar-refractivity contribution < 1.29 is 13.9 Å². The van der Waals surface area contributed by atoms with Crippen LogP contribution in [-0.2, 0) is 4.79 Å². The van der Waals surface area contributed by atoms with E-state index in [1.165, 1.54) is 0 Å². The number of amides is 1. The van der Waals surface area contributed by atoms with E-state index in [1.54, 1.807) is 31.0 Å². The number of carbonyl (C=O) groups excluding carboxylic acids is 1. The molecule has 0 saturated heterocycles. The minimum Gasteiger partial charge on any atom is -0.497 e. The number of nitrogens with zero attached hydrogens (tertiary/aromatic N) is 2. The van der Waals surface area contributed by atoms with Gasteiger partial charge < -0.3 is 9.15 Å². The van der Waals surface area contributed by atoms with Crippen LogP contribution in [0.4, 0.5) is 6.01 Å². The number of halogens is 1. The van der Waals surface area contributed by atoms with Gasteiger partial charge in [-0.3, -0.25) is 10.1 Å². The van der Waals surface area contributed by atoms with Gasteiger partial charge in [-0.15, -0.1) is 16.9 Å². The fraction of sp³-hybridized carbons (Fsp3) is 0.211. The van der Waals surface area contributed by atoms with E-state index >= 15 is 0 Å². The first-order valence-electron chi connectivity index (χ1n) is 8.31. The van der Waals surface area contributed by atoms with Gasteiger partial charge in [-0.1, -0.05) is 28.8 Å². The van der Waals surface area contributed by atoms with Crippen LogP contribution in [0.15, 0.2) is 57.8 Å². The van der Waals surface area contributed by atoms with Crippen LogP contribution in [0, 0.1) is 0 Å². The highest BCUT2D eigenvalue weighted by atomic mass is 35.5. The van der Waals surface area contributed by atoms with E-state index in [0.29, 0.717) is 17.0 Å². The summed E-state index contributed by atoms with van der Waals surface area (Å²) >= 11 is 7.79. The zero-order valence-electron chi connectivity index (χ0n) is 14.6. The molecule has 0 aliphatic rings. The fourth-order valence-electron chi connectivity index (χ4n) is 2.29. The van der Waals surface area contributed by atoms with Crippen molar-refractivity contribution in [2.75, 3.05) is 18.2 Å². The van der Waals surface area contributed by atoms with Crippen molar-refractivity contribution in [3.8, 4) is 17.2 Å². The predicted octanol–water partition coefficient (Wildman–Crippen LogP) is 4.91. The Bertz CT molecular complexity index is 899. The van der Waals surface area contributed by atoms with Crippen LogP contribution in [0.1, 0.15) is 12.8 Å². The van der Waals surface area contributed by atoms with Crippen molar-refractivity contribution in [1.29, 1.82) is 0 Å². The molecule has 0 spiro atoms. The van der Waals surface area contributed by atoms with E-state index in [-0.39, 0.29) is 17.8 Å². The summed E-state index contributed by atoms with van der Waals surface area (Å²) < 4.78 is 10.6. The average molecular weight is 404 g/mol. The molecule has 1 N–H and O–H groups in total. The number of rotatable bonds is 8. The third kappa shape index (κ3) is 5.48. The third-order valence-corrected chi connectivity index (χ3v) is 5.08. The van der Waals surface area contributed by atoms with Crippen molar-refractivity contribution in [3.63, 3.8) is 0 Å². The highest BCUT2D eigenvalue weighted by molar-refractivity contribution is 7.99. The molecule has 1 amide bonds. The number of carbonyl (C=O) groups is 1. The lowest BCUT2D eigenvalue weighted by Crippen LogP contribution is -2.11. The lowest BCUT2D eigenvalue weighted by atomic mass is 10.2. The van der Waals surface area contributed by atoms with Gasteiger partial charge in [0.2, 0.25) is 5.91 Å². The number of anilines is 1. The van der Waals surface area contributed by atoms with Crippen LogP contribution in [0.25, 0.3) is 11.5 Å². The molecule has 0 radical (unpaired) electrons. The molecule has 0 unspecified atom stereocenters. The Morgan fingerprint density at radius 3 is 2.70 bits per heavy atom. The summed E-state index contributed by atoms with van der Waals surface area (Å²) in [5.74, 6) is 1.76. The fourth-order valence-corrected chi connectivity index (χ4v) is 3.36. The second-order valence-corrected chi connectivity index (χ2v) is 7.14. The Labute approximate surface area is 166 Å². The summed E-state index contributed by atoms with van der Waals surface area (Å²) in [7, 11) is 1.64. The number of nitrogens with one attached hydrogen (secondary N) is 1. The minimum atomic E-state index is -0.167. The van der Waals surface area contributed by atoms with E-state index in [9.17, 15) is 4.79 Å². The number of ether oxygens (including phenoxy) is 1. The van der Waals surface area contributed by atoms with Gasteiger partial charge in [-0.2, -0.15) is 0 Å². The van der Waals surface area contributed by atoms with Crippen LogP contribution in [0.2, 0.25) is 5.02 Å². The summed E-state index contributed by atoms with van der Waals surface area (Å²) in [6, 6.07) is 15.0. The number of benzene rings is 2. The van der Waals surface area contributed by atoms with Gasteiger partial charge in [0.15, 0.2) is 0 Å². The molecule has 0 saturated carbocycles. The van der Waals surface area contributed by atoms with Crippen LogP contribution >= 0.6 is 23.4 Å². The molecule has 0 fully saturated rings. The topological polar surface area (TPSA) is 77.2 Å². The second-order valence-electron chi connectivity index (χ2n) is 5.57. The van der Waals surface area contributed by atoms with Crippen molar-refractivity contribution in [3.05, 3.63) is 53.6 Å². The van der Waals surface area contributed by atoms with Gasteiger partial charge in [-0.25, -0.2) is 0 Å². The van der Waals surface area contributed by atoms with E-state index in [4.69, 9.17) is 20.8 Å². The molecule has 3 aromatic rings. The number of hydrogen-bond acceptors (Lipinski definition) is 6. The normalized spacial score (nSPS) is 10.6. The maximum Gasteiger partial charge on any atom is 0.322 e. The first-order chi connectivity index (χ1) is 13.2. The highest BCUT2D eigenvalue weighted by Gasteiger charge is 2.13. The number of aromatic nitrogens is 2. The van der Waals surface area contributed by atoms with E-state index in [1.807, 2.05) is 36.4 Å². The Kier molecular flexibility index (Phi) is 6.73. The molecule has 1 aromatic heterocycles. The molecule has 0 bridgehead atoms. The van der Waals surface area contributed by atoms with Gasteiger partial charge in [0, 0.05) is 11.3 Å². The average Bonchev–Trinajstić information content (AvgIpc) is 3.14. The molecule has 1 heterocycles. The first kappa shape index (κ1) is 19.3. The molecule has 3 rings (SSSR count). The Morgan fingerprint density at radius 1 is 1.19 bits per heavy atom. The maximum absolute atomic E-state index is 12.0. The minimum absolute atomic E-state index is 0.0673. The van der Waals surface area contributed by atoms with E-state index in [0.717, 1.165) is 22.8 Å². The van der Waals surface area contributed by atoms with Gasteiger partial charge >= 0.3 is 6.01 Å². The maximum atomic E-state index is 12.0. The quantitative estimate of drug-likeness (QED) is 0.425. The first-order valence-corrected chi connectivity index (χ1v) is 9.67. The highest BCUT2D eigenvalue weighted by Crippen LogP contribution is 2.27. The van der Waals surface area contributed by atoms with E-state index < -0.39 is 0 Å². The van der Waals surface area contributed by atoms with Crippen LogP contribution in [-0.4, -0.2) is 29.0 Å². The molecular formula is C19H18ClN3O3S. The summed E-state index contributed by atoms with van der Waals surface area (Å²) in [4.78, 5) is 13.2. The van der Waals surface area contributed by atoms with Crippen LogP contribution in [0.3, 0.4) is 0 Å². The molecule has 27 heavy (non-hydrogen) atoms. The van der Waals surface area contributed by atoms with Gasteiger partial charge in [0.1, 0.15) is 5.75 Å². The zero-order chi connectivity index (χ0) is 19.1. The van der Waals surface area contributed by atoms with Crippen molar-refractivity contribution in [1.82, 2.24) is 10.2 Å². The van der Waals surface area contributed by atoms with Crippen molar-refractivity contribution in [2.45, 2.75) is 17.7 Å². The third-order valence-electron chi connectivity index (χ3n) is 3.65. The zero-order valence-corrected chi connectivity index (χ0v) is 16.2. The Morgan fingerprint density at radius 2 is 1.96 bits per heavy atom. The lowest BCUT2D eigenvalue weighted by Gasteiger charge is -2.03. The smallest absolute Gasteiger partial charge is 0.322 e. The molecule has 8 heteroatoms. The summed E-state index contributed by atoms with van der Waals surface area (Å²) in [5, 5.41) is 10.9. The van der Waals surface area contributed by atoms with Crippen LogP contribution in [0.5, 0.6) is 5.75 Å².